The highest BCUT2D eigenvalue weighted by atomic mass is 19.4. The van der Waals surface area contributed by atoms with Crippen LogP contribution in [0.1, 0.15) is 43.2 Å². The van der Waals surface area contributed by atoms with Crippen molar-refractivity contribution in [3.63, 3.8) is 0 Å². The summed E-state index contributed by atoms with van der Waals surface area (Å²) in [5, 5.41) is 5.59. The lowest BCUT2D eigenvalue weighted by Crippen LogP contribution is -2.47. The summed E-state index contributed by atoms with van der Waals surface area (Å²) in [5.41, 5.74) is 0.0185. The second kappa shape index (κ2) is 9.21. The van der Waals surface area contributed by atoms with E-state index in [2.05, 4.69) is 10.6 Å². The summed E-state index contributed by atoms with van der Waals surface area (Å²) in [5.74, 6) is -0.296. The van der Waals surface area contributed by atoms with Gasteiger partial charge in [0.2, 0.25) is 11.8 Å². The second-order valence-electron chi connectivity index (χ2n) is 7.02. The number of nitrogens with one attached hydrogen (secondary N) is 2. The second-order valence-corrected chi connectivity index (χ2v) is 7.02. The first kappa shape index (κ1) is 21.2. The average Bonchev–Trinajstić information content (AvgIpc) is 2.62. The minimum absolute atomic E-state index is 0.0251. The fourth-order valence-electron chi connectivity index (χ4n) is 3.20. The molecule has 1 unspecified atom stereocenters. The van der Waals surface area contributed by atoms with Gasteiger partial charge in [-0.25, -0.2) is 0 Å². The standard InChI is InChI=1S/C19H26F3N3O2/c1-13(14-3-5-15(6-4-14)19(20,21)22)11-17(26)24-16-7-9-25(10-8-16)12-18(27)23-2/h3-6,13,16H,7-12H2,1-2H3,(H,23,27)(H,24,26). The van der Waals surface area contributed by atoms with Crippen molar-refractivity contribution in [1.29, 1.82) is 0 Å². The van der Waals surface area contributed by atoms with E-state index < -0.39 is 11.7 Å². The number of carbonyl (C=O) groups is 2. The lowest BCUT2D eigenvalue weighted by molar-refractivity contribution is -0.137. The van der Waals surface area contributed by atoms with Crippen LogP contribution in [0.3, 0.4) is 0 Å². The lowest BCUT2D eigenvalue weighted by atomic mass is 9.95. The SMILES string of the molecule is CNC(=O)CN1CCC(NC(=O)CC(C)c2ccc(C(F)(F)F)cc2)CC1. The van der Waals surface area contributed by atoms with Crippen LogP contribution in [-0.2, 0) is 15.8 Å². The van der Waals surface area contributed by atoms with Gasteiger partial charge in [0.05, 0.1) is 12.1 Å². The number of piperidine rings is 1. The van der Waals surface area contributed by atoms with Gasteiger partial charge in [0.15, 0.2) is 0 Å². The number of likely N-dealkylation sites (N-methyl/N-ethyl adjacent to an activating group) is 1. The molecule has 2 N–H and O–H groups in total. The third-order valence-corrected chi connectivity index (χ3v) is 4.90. The molecule has 0 radical (unpaired) electrons. The molecule has 1 fully saturated rings. The number of carbonyl (C=O) groups excluding carboxylic acids is 2. The molecule has 2 amide bonds. The van der Waals surface area contributed by atoms with Crippen molar-refractivity contribution < 1.29 is 22.8 Å². The Morgan fingerprint density at radius 1 is 1.15 bits per heavy atom. The number of likely N-dealkylation sites (tertiary alicyclic amines) is 1. The van der Waals surface area contributed by atoms with E-state index in [4.69, 9.17) is 0 Å². The Bertz CT molecular complexity index is 639. The molecule has 0 spiro atoms. The molecule has 0 aliphatic carbocycles. The molecule has 150 valence electrons. The van der Waals surface area contributed by atoms with E-state index in [0.717, 1.165) is 38.1 Å². The van der Waals surface area contributed by atoms with Crippen LogP contribution in [0.4, 0.5) is 13.2 Å². The molecule has 1 saturated heterocycles. The average molecular weight is 385 g/mol. The van der Waals surface area contributed by atoms with Crippen molar-refractivity contribution in [3.8, 4) is 0 Å². The van der Waals surface area contributed by atoms with Gasteiger partial charge in [-0.2, -0.15) is 13.2 Å². The molecule has 27 heavy (non-hydrogen) atoms. The molecule has 0 saturated carbocycles. The van der Waals surface area contributed by atoms with Gasteiger partial charge < -0.3 is 10.6 Å². The minimum atomic E-state index is -4.36. The maximum Gasteiger partial charge on any atom is 0.416 e. The smallest absolute Gasteiger partial charge is 0.358 e. The first-order chi connectivity index (χ1) is 12.7. The molecule has 1 aromatic rings. The number of hydrogen-bond acceptors (Lipinski definition) is 3. The summed E-state index contributed by atoms with van der Waals surface area (Å²) in [6.07, 6.45) is -2.58. The fraction of sp³-hybridized carbons (Fsp3) is 0.579. The number of halogens is 3. The lowest BCUT2D eigenvalue weighted by Gasteiger charge is -2.32. The number of nitrogens with zero attached hydrogens (tertiary/aromatic N) is 1. The Balaban J connectivity index is 1.78. The van der Waals surface area contributed by atoms with Crippen LogP contribution in [0.2, 0.25) is 0 Å². The van der Waals surface area contributed by atoms with Gasteiger partial charge in [-0.15, -0.1) is 0 Å². The van der Waals surface area contributed by atoms with Crippen LogP contribution in [0.5, 0.6) is 0 Å². The monoisotopic (exact) mass is 385 g/mol. The van der Waals surface area contributed by atoms with Gasteiger partial charge >= 0.3 is 6.18 Å². The molecule has 5 nitrogen and oxygen atoms in total. The highest BCUT2D eigenvalue weighted by molar-refractivity contribution is 5.78. The number of amides is 2. The topological polar surface area (TPSA) is 61.4 Å². The van der Waals surface area contributed by atoms with Crippen LogP contribution >= 0.6 is 0 Å². The fourth-order valence-corrected chi connectivity index (χ4v) is 3.20. The van der Waals surface area contributed by atoms with Gasteiger partial charge in [-0.05, 0) is 36.5 Å². The molecular formula is C19H26F3N3O2. The van der Waals surface area contributed by atoms with Crippen LogP contribution in [0, 0.1) is 0 Å². The van der Waals surface area contributed by atoms with Gasteiger partial charge in [0, 0.05) is 32.6 Å². The van der Waals surface area contributed by atoms with E-state index in [9.17, 15) is 22.8 Å². The zero-order valence-electron chi connectivity index (χ0n) is 15.6. The molecular weight excluding hydrogens is 359 g/mol. The Hall–Kier alpha value is -2.09. The third kappa shape index (κ3) is 6.53. The molecule has 1 atom stereocenters. The summed E-state index contributed by atoms with van der Waals surface area (Å²) in [7, 11) is 1.60. The van der Waals surface area contributed by atoms with Crippen LogP contribution < -0.4 is 10.6 Å². The molecule has 1 aliphatic heterocycles. The number of rotatable bonds is 6. The quantitative estimate of drug-likeness (QED) is 0.791. The predicted octanol–water partition coefficient (Wildman–Crippen LogP) is 2.53. The Morgan fingerprint density at radius 3 is 2.26 bits per heavy atom. The summed E-state index contributed by atoms with van der Waals surface area (Å²) >= 11 is 0. The van der Waals surface area contributed by atoms with Gasteiger partial charge in [-0.3, -0.25) is 14.5 Å². The zero-order chi connectivity index (χ0) is 20.0. The van der Waals surface area contributed by atoms with E-state index in [1.54, 1.807) is 7.05 Å². The van der Waals surface area contributed by atoms with Gasteiger partial charge in [0.25, 0.3) is 0 Å². The van der Waals surface area contributed by atoms with Crippen molar-refractivity contribution in [2.24, 2.45) is 0 Å². The normalized spacial score (nSPS) is 17.4. The molecule has 2 rings (SSSR count). The van der Waals surface area contributed by atoms with E-state index in [1.807, 2.05) is 11.8 Å². The number of benzene rings is 1. The Kier molecular flexibility index (Phi) is 7.24. The number of alkyl halides is 3. The summed E-state index contributed by atoms with van der Waals surface area (Å²) in [6.45, 7) is 3.68. The summed E-state index contributed by atoms with van der Waals surface area (Å²) < 4.78 is 37.9. The molecule has 8 heteroatoms. The van der Waals surface area contributed by atoms with E-state index in [0.29, 0.717) is 12.1 Å². The van der Waals surface area contributed by atoms with Crippen molar-refractivity contribution in [2.75, 3.05) is 26.7 Å². The van der Waals surface area contributed by atoms with Crippen molar-refractivity contribution in [1.82, 2.24) is 15.5 Å². The predicted molar refractivity (Wildman–Crippen MR) is 96.1 cm³/mol. The van der Waals surface area contributed by atoms with Crippen molar-refractivity contribution in [2.45, 2.75) is 44.3 Å². The largest absolute Gasteiger partial charge is 0.416 e. The van der Waals surface area contributed by atoms with E-state index in [-0.39, 0.29) is 30.2 Å². The van der Waals surface area contributed by atoms with Crippen LogP contribution in [0.15, 0.2) is 24.3 Å². The van der Waals surface area contributed by atoms with Gasteiger partial charge in [0.1, 0.15) is 0 Å². The van der Waals surface area contributed by atoms with Crippen LogP contribution in [0.25, 0.3) is 0 Å². The molecule has 1 heterocycles. The van der Waals surface area contributed by atoms with Gasteiger partial charge in [-0.1, -0.05) is 19.1 Å². The minimum Gasteiger partial charge on any atom is -0.358 e. The maximum absolute atomic E-state index is 12.6. The van der Waals surface area contributed by atoms with Crippen molar-refractivity contribution >= 4 is 11.8 Å². The van der Waals surface area contributed by atoms with E-state index >= 15 is 0 Å². The number of hydrogen-bond donors (Lipinski definition) is 2. The molecule has 0 aromatic heterocycles. The Morgan fingerprint density at radius 2 is 1.74 bits per heavy atom. The Labute approximate surface area is 157 Å². The van der Waals surface area contributed by atoms with E-state index in [1.165, 1.54) is 12.1 Å². The summed E-state index contributed by atoms with van der Waals surface area (Å²) in [4.78, 5) is 25.7. The van der Waals surface area contributed by atoms with Crippen LogP contribution in [-0.4, -0.2) is 49.4 Å². The zero-order valence-corrected chi connectivity index (χ0v) is 15.6. The van der Waals surface area contributed by atoms with Crippen molar-refractivity contribution in [3.05, 3.63) is 35.4 Å². The molecule has 1 aliphatic rings. The first-order valence-electron chi connectivity index (χ1n) is 9.08. The maximum atomic E-state index is 12.6. The molecule has 0 bridgehead atoms. The molecule has 1 aromatic carbocycles. The highest BCUT2D eigenvalue weighted by Crippen LogP contribution is 2.30. The first-order valence-corrected chi connectivity index (χ1v) is 9.08. The summed E-state index contributed by atoms with van der Waals surface area (Å²) in [6, 6.07) is 5.02. The highest BCUT2D eigenvalue weighted by Gasteiger charge is 2.30. The third-order valence-electron chi connectivity index (χ3n) is 4.90.